The van der Waals surface area contributed by atoms with Gasteiger partial charge >= 0.3 is 11.9 Å². The van der Waals surface area contributed by atoms with E-state index in [9.17, 15) is 19.2 Å². The number of nitrogens with one attached hydrogen (secondary N) is 1. The van der Waals surface area contributed by atoms with Crippen molar-refractivity contribution in [3.8, 4) is 0 Å². The molecule has 2 aromatic rings. The number of esters is 2. The quantitative estimate of drug-likeness (QED) is 0.119. The van der Waals surface area contributed by atoms with Crippen LogP contribution in [0.5, 0.6) is 0 Å². The van der Waals surface area contributed by atoms with Crippen molar-refractivity contribution >= 4 is 35.5 Å². The Balaban J connectivity index is 0.00000361. The van der Waals surface area contributed by atoms with Gasteiger partial charge in [-0.3, -0.25) is 9.59 Å². The minimum atomic E-state index is -0.795. The van der Waals surface area contributed by atoms with Crippen LogP contribution in [0.25, 0.3) is 0 Å². The van der Waals surface area contributed by atoms with Crippen molar-refractivity contribution in [1.29, 1.82) is 0 Å². The summed E-state index contributed by atoms with van der Waals surface area (Å²) in [4.78, 5) is 51.8. The molecule has 0 aliphatic carbocycles. The first-order valence-electron chi connectivity index (χ1n) is 11.3. The molecule has 11 heteroatoms. The zero-order valence-electron chi connectivity index (χ0n) is 20.2. The third-order valence-corrected chi connectivity index (χ3v) is 7.50. The largest absolute Gasteiger partial charge is 1.00 e. The Morgan fingerprint density at radius 2 is 1.78 bits per heavy atom. The number of carbonyl (C=O) groups is 4. The maximum Gasteiger partial charge on any atom is 0.344 e. The summed E-state index contributed by atoms with van der Waals surface area (Å²) in [6.07, 6.45) is 3.61. The first-order chi connectivity index (χ1) is 16.7. The molecule has 0 spiro atoms. The Labute approximate surface area is 230 Å². The molecule has 3 heterocycles. The van der Waals surface area contributed by atoms with Gasteiger partial charge in [0.15, 0.2) is 12.4 Å². The standard InChI is InChI=1S/C25H27N3O6S.HI/c1-25(2)20(24(32)34-13-12-33-23(31)17-10-7-11-27(3)15-17)28-21(30)19(22(28)35-25)26-18(29)14-16-8-5-4-6-9-16;/h4-11,15,19-20,22H,12-14H2,1-3H3;1H. The van der Waals surface area contributed by atoms with Gasteiger partial charge in [-0.05, 0) is 25.5 Å². The minimum Gasteiger partial charge on any atom is -1.00 e. The van der Waals surface area contributed by atoms with Crippen LogP contribution in [-0.2, 0) is 37.3 Å². The molecule has 2 aliphatic rings. The lowest BCUT2D eigenvalue weighted by Gasteiger charge is -2.43. The topological polar surface area (TPSA) is 106 Å². The van der Waals surface area contributed by atoms with Crippen LogP contribution in [0.3, 0.4) is 0 Å². The van der Waals surface area contributed by atoms with E-state index in [1.165, 1.54) is 16.7 Å². The second-order valence-electron chi connectivity index (χ2n) is 9.03. The van der Waals surface area contributed by atoms with E-state index in [1.54, 1.807) is 36.1 Å². The van der Waals surface area contributed by atoms with E-state index in [0.717, 1.165) is 5.56 Å². The molecule has 192 valence electrons. The summed E-state index contributed by atoms with van der Waals surface area (Å²) in [6.45, 7) is 3.52. The van der Waals surface area contributed by atoms with Crippen LogP contribution in [0.15, 0.2) is 54.9 Å². The predicted octanol–water partition coefficient (Wildman–Crippen LogP) is -2.00. The lowest BCUT2D eigenvalue weighted by molar-refractivity contribution is -0.671. The lowest BCUT2D eigenvalue weighted by Crippen LogP contribution is -3.00. The molecule has 1 N–H and O–H groups in total. The number of ether oxygens (including phenoxy) is 2. The summed E-state index contributed by atoms with van der Waals surface area (Å²) in [7, 11) is 1.80. The van der Waals surface area contributed by atoms with E-state index in [2.05, 4.69) is 5.32 Å². The molecular weight excluding hydrogens is 597 g/mol. The van der Waals surface area contributed by atoms with Gasteiger partial charge in [0.05, 0.1) is 6.42 Å². The molecule has 0 bridgehead atoms. The van der Waals surface area contributed by atoms with Crippen LogP contribution in [0, 0.1) is 0 Å². The van der Waals surface area contributed by atoms with Crippen molar-refractivity contribution in [1.82, 2.24) is 10.2 Å². The number of amides is 2. The Kier molecular flexibility index (Phi) is 8.98. The van der Waals surface area contributed by atoms with Gasteiger partial charge in [-0.1, -0.05) is 30.3 Å². The smallest absolute Gasteiger partial charge is 0.344 e. The van der Waals surface area contributed by atoms with E-state index >= 15 is 0 Å². The fraction of sp³-hybridized carbons (Fsp3) is 0.400. The number of hydrogen-bond donors (Lipinski definition) is 1. The summed E-state index contributed by atoms with van der Waals surface area (Å²) in [6, 6.07) is 11.2. The first kappa shape index (κ1) is 27.9. The molecule has 2 aliphatic heterocycles. The van der Waals surface area contributed by atoms with Crippen molar-refractivity contribution in [2.75, 3.05) is 13.2 Å². The molecule has 2 saturated heterocycles. The maximum atomic E-state index is 12.9. The number of aryl methyl sites for hydroxylation is 1. The number of β-lactam (4-membered cyclic amide) rings is 1. The number of pyridine rings is 1. The number of carbonyl (C=O) groups excluding carboxylic acids is 4. The zero-order valence-corrected chi connectivity index (χ0v) is 23.2. The van der Waals surface area contributed by atoms with Gasteiger partial charge in [0.2, 0.25) is 11.8 Å². The molecule has 9 nitrogen and oxygen atoms in total. The van der Waals surface area contributed by atoms with Crippen molar-refractivity contribution in [3.63, 3.8) is 0 Å². The van der Waals surface area contributed by atoms with Crippen LogP contribution < -0.4 is 33.9 Å². The number of benzene rings is 1. The van der Waals surface area contributed by atoms with Crippen LogP contribution >= 0.6 is 11.8 Å². The molecule has 3 unspecified atom stereocenters. The van der Waals surface area contributed by atoms with Gasteiger partial charge < -0.3 is 43.7 Å². The monoisotopic (exact) mass is 625 g/mol. The second kappa shape index (κ2) is 11.6. The summed E-state index contributed by atoms with van der Waals surface area (Å²) in [5.41, 5.74) is 1.25. The zero-order chi connectivity index (χ0) is 25.2. The summed E-state index contributed by atoms with van der Waals surface area (Å²) < 4.78 is 11.7. The fourth-order valence-corrected chi connectivity index (χ4v) is 5.90. The highest BCUT2D eigenvalue weighted by atomic mass is 127. The summed E-state index contributed by atoms with van der Waals surface area (Å²) in [5, 5.41) is 2.46. The maximum absolute atomic E-state index is 12.9. The summed E-state index contributed by atoms with van der Waals surface area (Å²) in [5.74, 6) is -1.62. The number of fused-ring (bicyclic) bond motifs is 1. The Hall–Kier alpha value is -2.67. The van der Waals surface area contributed by atoms with Gasteiger partial charge in [-0.15, -0.1) is 11.8 Å². The molecule has 36 heavy (non-hydrogen) atoms. The Morgan fingerprint density at radius 1 is 1.08 bits per heavy atom. The Morgan fingerprint density at radius 3 is 2.47 bits per heavy atom. The molecule has 3 atom stereocenters. The van der Waals surface area contributed by atoms with Gasteiger partial charge in [-0.2, -0.15) is 0 Å². The average molecular weight is 625 g/mol. The number of halogens is 1. The molecular formula is C25H28IN3O6S. The fourth-order valence-electron chi connectivity index (χ4n) is 4.28. The highest BCUT2D eigenvalue weighted by molar-refractivity contribution is 8.01. The van der Waals surface area contributed by atoms with Gasteiger partial charge in [0, 0.05) is 10.8 Å². The predicted molar refractivity (Wildman–Crippen MR) is 127 cm³/mol. The van der Waals surface area contributed by atoms with E-state index in [4.69, 9.17) is 9.47 Å². The van der Waals surface area contributed by atoms with Crippen molar-refractivity contribution in [2.45, 2.75) is 42.5 Å². The highest BCUT2D eigenvalue weighted by Crippen LogP contribution is 2.51. The van der Waals surface area contributed by atoms with Crippen molar-refractivity contribution < 1.29 is 57.2 Å². The molecule has 0 saturated carbocycles. The van der Waals surface area contributed by atoms with Crippen molar-refractivity contribution in [2.24, 2.45) is 7.05 Å². The number of thioether (sulfide) groups is 1. The van der Waals surface area contributed by atoms with Gasteiger partial charge in [0.1, 0.15) is 43.3 Å². The SMILES string of the molecule is C[n+]1cccc(C(=O)OCCOC(=O)C2N3C(=O)C(NC(=O)Cc4ccccc4)C3SC2(C)C)c1.[I-]. The van der Waals surface area contributed by atoms with Gasteiger partial charge in [-0.25, -0.2) is 14.2 Å². The number of rotatable bonds is 8. The third-order valence-electron chi connectivity index (χ3n) is 5.92. The van der Waals surface area contributed by atoms with Crippen molar-refractivity contribution in [3.05, 3.63) is 66.0 Å². The van der Waals surface area contributed by atoms with Crippen LogP contribution in [-0.4, -0.2) is 64.1 Å². The van der Waals surface area contributed by atoms with Crippen LogP contribution in [0.1, 0.15) is 29.8 Å². The molecule has 4 rings (SSSR count). The minimum absolute atomic E-state index is 0. The molecule has 2 fully saturated rings. The molecule has 1 aromatic carbocycles. The van der Waals surface area contributed by atoms with Gasteiger partial charge in [0.25, 0.3) is 0 Å². The van der Waals surface area contributed by atoms with E-state index in [1.807, 2.05) is 44.2 Å². The number of hydrogen-bond acceptors (Lipinski definition) is 7. The highest BCUT2D eigenvalue weighted by Gasteiger charge is 2.64. The number of nitrogens with zero attached hydrogens (tertiary/aromatic N) is 2. The van der Waals surface area contributed by atoms with E-state index in [-0.39, 0.29) is 60.8 Å². The normalized spacial score (nSPS) is 21.5. The first-order valence-corrected chi connectivity index (χ1v) is 12.2. The molecule has 1 aromatic heterocycles. The number of aromatic nitrogens is 1. The Bertz CT molecular complexity index is 1150. The molecule has 2 amide bonds. The van der Waals surface area contributed by atoms with E-state index in [0.29, 0.717) is 5.56 Å². The van der Waals surface area contributed by atoms with Crippen LogP contribution in [0.2, 0.25) is 0 Å². The molecule has 0 radical (unpaired) electrons. The average Bonchev–Trinajstić information content (AvgIpc) is 3.08. The third kappa shape index (κ3) is 6.00. The lowest BCUT2D eigenvalue weighted by atomic mass is 9.96. The summed E-state index contributed by atoms with van der Waals surface area (Å²) >= 11 is 1.46. The van der Waals surface area contributed by atoms with Crippen LogP contribution in [0.4, 0.5) is 0 Å². The van der Waals surface area contributed by atoms with E-state index < -0.39 is 28.8 Å². The second-order valence-corrected chi connectivity index (χ2v) is 10.8.